The van der Waals surface area contributed by atoms with E-state index in [0.717, 1.165) is 22.4 Å². The number of nitrogens with two attached hydrogens (primary N) is 1. The van der Waals surface area contributed by atoms with Crippen molar-refractivity contribution in [2.24, 2.45) is 0 Å². The minimum absolute atomic E-state index is 0.182. The van der Waals surface area contributed by atoms with Gasteiger partial charge in [0.2, 0.25) is 11.9 Å². The van der Waals surface area contributed by atoms with Gasteiger partial charge in [0.25, 0.3) is 5.91 Å². The van der Waals surface area contributed by atoms with Crippen LogP contribution in [0.2, 0.25) is 0 Å². The predicted molar refractivity (Wildman–Crippen MR) is 148 cm³/mol. The van der Waals surface area contributed by atoms with E-state index in [1.54, 1.807) is 43.0 Å². The number of hydrogen-bond acceptors (Lipinski definition) is 10. The number of morpholine rings is 1. The largest absolute Gasteiger partial charge is 0.378 e. The molecule has 11 nitrogen and oxygen atoms in total. The molecule has 0 unspecified atom stereocenters. The van der Waals surface area contributed by atoms with Crippen molar-refractivity contribution in [2.75, 3.05) is 48.4 Å². The highest BCUT2D eigenvalue weighted by Crippen LogP contribution is 2.40. The Morgan fingerprint density at radius 2 is 1.90 bits per heavy atom. The van der Waals surface area contributed by atoms with Crippen molar-refractivity contribution in [3.05, 3.63) is 77.4 Å². The Hall–Kier alpha value is -4.71. The van der Waals surface area contributed by atoms with Gasteiger partial charge in [-0.25, -0.2) is 19.3 Å². The topological polar surface area (TPSA) is 135 Å². The third-order valence-corrected chi connectivity index (χ3v) is 7.01. The molecule has 0 saturated carbocycles. The lowest BCUT2D eigenvalue weighted by atomic mass is 10.1. The fourth-order valence-electron chi connectivity index (χ4n) is 4.97. The van der Waals surface area contributed by atoms with Crippen LogP contribution in [0.1, 0.15) is 27.0 Å². The van der Waals surface area contributed by atoms with Crippen molar-refractivity contribution in [2.45, 2.75) is 19.6 Å². The molecule has 3 N–H and O–H groups in total. The van der Waals surface area contributed by atoms with Crippen LogP contribution in [0.4, 0.5) is 27.8 Å². The number of aromatic nitrogens is 5. The minimum atomic E-state index is -0.731. The van der Waals surface area contributed by atoms with E-state index in [-0.39, 0.29) is 11.9 Å². The van der Waals surface area contributed by atoms with Gasteiger partial charge in [-0.3, -0.25) is 9.78 Å². The molecule has 12 heteroatoms. The Balaban J connectivity index is 1.34. The maximum absolute atomic E-state index is 14.4. The molecule has 2 aliphatic heterocycles. The molecule has 0 bridgehead atoms. The summed E-state index contributed by atoms with van der Waals surface area (Å²) >= 11 is 0. The molecule has 0 radical (unpaired) electrons. The number of fused-ring (bicyclic) bond motifs is 1. The molecule has 204 valence electrons. The van der Waals surface area contributed by atoms with Crippen LogP contribution in [0.25, 0.3) is 11.3 Å². The number of alkyl halides is 1. The lowest BCUT2D eigenvalue weighted by Gasteiger charge is -2.28. The molecule has 6 rings (SSSR count). The number of nitrogen functional groups attached to an aromatic ring is 1. The van der Waals surface area contributed by atoms with Crippen LogP contribution in [0.3, 0.4) is 0 Å². The first kappa shape index (κ1) is 25.6. The van der Waals surface area contributed by atoms with Gasteiger partial charge < -0.3 is 25.6 Å². The molecule has 1 fully saturated rings. The Bertz CT molecular complexity index is 1510. The van der Waals surface area contributed by atoms with E-state index in [1.165, 1.54) is 0 Å². The fourth-order valence-corrected chi connectivity index (χ4v) is 4.97. The van der Waals surface area contributed by atoms with Crippen LogP contribution in [-0.4, -0.2) is 63.7 Å². The maximum atomic E-state index is 14.4. The van der Waals surface area contributed by atoms with Gasteiger partial charge in [0, 0.05) is 78.9 Å². The van der Waals surface area contributed by atoms with Gasteiger partial charge in [0.05, 0.1) is 18.9 Å². The third-order valence-electron chi connectivity index (χ3n) is 7.01. The molecule has 2 aliphatic rings. The lowest BCUT2D eigenvalue weighted by molar-refractivity contribution is 0.0950. The van der Waals surface area contributed by atoms with Gasteiger partial charge in [-0.05, 0) is 36.2 Å². The number of pyridine rings is 1. The van der Waals surface area contributed by atoms with E-state index >= 15 is 0 Å². The zero-order valence-corrected chi connectivity index (χ0v) is 21.8. The summed E-state index contributed by atoms with van der Waals surface area (Å²) in [6, 6.07) is 8.79. The average Bonchev–Trinajstić information content (AvgIpc) is 3.44. The molecular weight excluding hydrogens is 513 g/mol. The number of rotatable bonds is 7. The maximum Gasteiger partial charge on any atom is 0.251 e. The third kappa shape index (κ3) is 5.13. The zero-order valence-electron chi connectivity index (χ0n) is 21.8. The Kier molecular flexibility index (Phi) is 7.15. The highest BCUT2D eigenvalue weighted by Gasteiger charge is 2.30. The highest BCUT2D eigenvalue weighted by atomic mass is 19.1. The number of ether oxygens (including phenoxy) is 1. The first-order valence-electron chi connectivity index (χ1n) is 13.1. The number of carbonyl (C=O) groups is 1. The molecule has 0 aliphatic carbocycles. The molecule has 4 aromatic rings. The Labute approximate surface area is 230 Å². The van der Waals surface area contributed by atoms with Gasteiger partial charge in [-0.2, -0.15) is 4.98 Å². The van der Waals surface area contributed by atoms with Crippen LogP contribution >= 0.6 is 0 Å². The number of nitrogens with zero attached hydrogens (tertiary/aromatic N) is 7. The van der Waals surface area contributed by atoms with E-state index in [4.69, 9.17) is 20.4 Å². The van der Waals surface area contributed by atoms with Crippen LogP contribution in [0.15, 0.2) is 55.1 Å². The van der Waals surface area contributed by atoms with Gasteiger partial charge in [0.1, 0.15) is 12.5 Å². The molecule has 1 aromatic carbocycles. The smallest absolute Gasteiger partial charge is 0.251 e. The highest BCUT2D eigenvalue weighted by molar-refractivity contribution is 5.95. The van der Waals surface area contributed by atoms with Gasteiger partial charge in [0.15, 0.2) is 0 Å². The standard InChI is InChI=1S/C28H28FN9O2/c29-13-20-12-19(26(39)32-15-18-2-1-6-31-14-18)3-4-23(20)38-7-5-22-24(21-16-33-27(30)34-17-21)35-28(36-25(22)38)37-8-10-40-11-9-37/h1-4,6,12,14,16-17H,5,7-11,13,15H2,(H,32,39)(H2,30,33,34). The second kappa shape index (κ2) is 11.2. The molecular formula is C28H28FN9O2. The second-order valence-corrected chi connectivity index (χ2v) is 9.53. The summed E-state index contributed by atoms with van der Waals surface area (Å²) in [5.41, 5.74) is 10.4. The SMILES string of the molecule is Nc1ncc(-c2nc(N3CCOCC3)nc3c2CCN3c2ccc(C(=O)NCc3cccnc3)cc2CF)cn1. The quantitative estimate of drug-likeness (QED) is 0.360. The Morgan fingerprint density at radius 1 is 1.07 bits per heavy atom. The first-order chi connectivity index (χ1) is 19.6. The summed E-state index contributed by atoms with van der Waals surface area (Å²) in [5.74, 6) is 1.16. The van der Waals surface area contributed by atoms with Crippen molar-refractivity contribution < 1.29 is 13.9 Å². The van der Waals surface area contributed by atoms with Gasteiger partial charge in [-0.1, -0.05) is 6.07 Å². The van der Waals surface area contributed by atoms with E-state index in [1.807, 2.05) is 17.0 Å². The van der Waals surface area contributed by atoms with Crippen molar-refractivity contribution in [1.82, 2.24) is 30.2 Å². The van der Waals surface area contributed by atoms with Gasteiger partial charge in [-0.15, -0.1) is 0 Å². The van der Waals surface area contributed by atoms with E-state index < -0.39 is 6.67 Å². The van der Waals surface area contributed by atoms with Crippen molar-refractivity contribution in [3.8, 4) is 11.3 Å². The number of amides is 1. The van der Waals surface area contributed by atoms with Crippen molar-refractivity contribution in [1.29, 1.82) is 0 Å². The average molecular weight is 542 g/mol. The molecule has 5 heterocycles. The van der Waals surface area contributed by atoms with E-state index in [2.05, 4.69) is 25.2 Å². The zero-order chi connectivity index (χ0) is 27.5. The molecule has 1 amide bonds. The molecule has 3 aromatic heterocycles. The summed E-state index contributed by atoms with van der Waals surface area (Å²) in [5, 5.41) is 2.87. The van der Waals surface area contributed by atoms with E-state index in [9.17, 15) is 9.18 Å². The summed E-state index contributed by atoms with van der Waals surface area (Å²) in [6.45, 7) is 2.67. The molecule has 40 heavy (non-hydrogen) atoms. The number of hydrogen-bond donors (Lipinski definition) is 2. The first-order valence-corrected chi connectivity index (χ1v) is 13.1. The summed E-state index contributed by atoms with van der Waals surface area (Å²) < 4.78 is 19.9. The summed E-state index contributed by atoms with van der Waals surface area (Å²) in [6.07, 6.45) is 7.33. The molecule has 1 saturated heterocycles. The fraction of sp³-hybridized carbons (Fsp3) is 0.286. The van der Waals surface area contributed by atoms with Crippen LogP contribution in [-0.2, 0) is 24.4 Å². The minimum Gasteiger partial charge on any atom is -0.378 e. The van der Waals surface area contributed by atoms with Crippen molar-refractivity contribution >= 4 is 29.3 Å². The molecule has 0 spiro atoms. The number of benzene rings is 1. The summed E-state index contributed by atoms with van der Waals surface area (Å²) in [7, 11) is 0. The normalized spacial score (nSPS) is 14.7. The van der Waals surface area contributed by atoms with Crippen molar-refractivity contribution in [3.63, 3.8) is 0 Å². The molecule has 0 atom stereocenters. The Morgan fingerprint density at radius 3 is 2.65 bits per heavy atom. The monoisotopic (exact) mass is 541 g/mol. The van der Waals surface area contributed by atoms with Crippen LogP contribution in [0, 0.1) is 0 Å². The van der Waals surface area contributed by atoms with Crippen LogP contribution in [0.5, 0.6) is 0 Å². The van der Waals surface area contributed by atoms with Crippen LogP contribution < -0.4 is 20.9 Å². The lowest BCUT2D eigenvalue weighted by Crippen LogP contribution is -2.37. The number of carbonyl (C=O) groups excluding carboxylic acids is 1. The number of nitrogens with one attached hydrogen (secondary N) is 1. The number of halogens is 1. The van der Waals surface area contributed by atoms with E-state index in [0.29, 0.717) is 74.4 Å². The summed E-state index contributed by atoms with van der Waals surface area (Å²) in [4.78, 5) is 39.1. The second-order valence-electron chi connectivity index (χ2n) is 9.53. The van der Waals surface area contributed by atoms with Gasteiger partial charge >= 0.3 is 0 Å². The predicted octanol–water partition coefficient (Wildman–Crippen LogP) is 2.84. The number of anilines is 4.